The van der Waals surface area contributed by atoms with E-state index in [2.05, 4.69) is 41.8 Å². The molecular weight excluding hydrogens is 386 g/mol. The molecule has 0 amide bonds. The number of nitrogens with zero attached hydrogens (tertiary/aromatic N) is 2. The second-order valence-corrected chi connectivity index (χ2v) is 7.58. The number of aromatic nitrogens is 2. The molecular formula is C17H28BrClF2N2. The zero-order valence-corrected chi connectivity index (χ0v) is 16.7. The maximum atomic E-state index is 13.2. The van der Waals surface area contributed by atoms with Gasteiger partial charge in [0.05, 0.1) is 11.1 Å². The van der Waals surface area contributed by atoms with Crippen molar-refractivity contribution in [1.82, 2.24) is 9.78 Å². The first-order valence-corrected chi connectivity index (χ1v) is 9.77. The molecule has 1 rings (SSSR count). The Morgan fingerprint density at radius 1 is 1.09 bits per heavy atom. The Kier molecular flexibility index (Phi) is 9.06. The Hall–Kier alpha value is -0.160. The summed E-state index contributed by atoms with van der Waals surface area (Å²) in [6.45, 7) is 6.41. The minimum absolute atomic E-state index is 0.0686. The van der Waals surface area contributed by atoms with Gasteiger partial charge in [-0.05, 0) is 35.7 Å². The molecule has 0 N–H and O–H groups in total. The maximum absolute atomic E-state index is 13.2. The van der Waals surface area contributed by atoms with Gasteiger partial charge in [-0.15, -0.1) is 0 Å². The predicted molar refractivity (Wildman–Crippen MR) is 96.4 cm³/mol. The van der Waals surface area contributed by atoms with Crippen LogP contribution < -0.4 is 0 Å². The molecule has 23 heavy (non-hydrogen) atoms. The molecule has 0 aliphatic heterocycles. The maximum Gasteiger partial charge on any atom is 0.269 e. The minimum Gasteiger partial charge on any atom is -0.247 e. The summed E-state index contributed by atoms with van der Waals surface area (Å²) in [5.41, 5.74) is -0.505. The van der Waals surface area contributed by atoms with Crippen molar-refractivity contribution in [3.05, 3.63) is 15.3 Å². The second-order valence-electron chi connectivity index (χ2n) is 6.47. The summed E-state index contributed by atoms with van der Waals surface area (Å²) in [4.78, 5) is 0. The van der Waals surface area contributed by atoms with Gasteiger partial charge in [-0.3, -0.25) is 0 Å². The fourth-order valence-electron chi connectivity index (χ4n) is 2.93. The average Bonchev–Trinajstić information content (AvgIpc) is 2.80. The highest BCUT2D eigenvalue weighted by molar-refractivity contribution is 9.10. The molecule has 0 saturated heterocycles. The van der Waals surface area contributed by atoms with E-state index in [0.29, 0.717) is 0 Å². The number of rotatable bonds is 11. The lowest BCUT2D eigenvalue weighted by molar-refractivity contribution is 0.150. The SMILES string of the molecule is CCCCCCCC(C)(CCCC)n1nc(Br)c(C(F)F)c1Cl. The van der Waals surface area contributed by atoms with Crippen LogP contribution in [0, 0.1) is 0 Å². The molecule has 134 valence electrons. The van der Waals surface area contributed by atoms with Crippen molar-refractivity contribution in [2.75, 3.05) is 0 Å². The average molecular weight is 414 g/mol. The van der Waals surface area contributed by atoms with E-state index >= 15 is 0 Å². The van der Waals surface area contributed by atoms with E-state index in [0.717, 1.165) is 38.5 Å². The van der Waals surface area contributed by atoms with E-state index in [1.54, 1.807) is 4.68 Å². The van der Waals surface area contributed by atoms with Crippen LogP contribution in [0.5, 0.6) is 0 Å². The van der Waals surface area contributed by atoms with Gasteiger partial charge in [0.2, 0.25) is 0 Å². The van der Waals surface area contributed by atoms with Crippen molar-refractivity contribution >= 4 is 27.5 Å². The van der Waals surface area contributed by atoms with Crippen LogP contribution in [0.15, 0.2) is 4.60 Å². The third-order valence-corrected chi connectivity index (χ3v) is 5.39. The summed E-state index contributed by atoms with van der Waals surface area (Å²) in [6.07, 6.45) is 7.19. The molecule has 0 spiro atoms. The number of halogens is 4. The van der Waals surface area contributed by atoms with Crippen LogP contribution in [0.1, 0.15) is 90.5 Å². The zero-order valence-electron chi connectivity index (χ0n) is 14.3. The summed E-state index contributed by atoms with van der Waals surface area (Å²) in [5.74, 6) is 0. The van der Waals surface area contributed by atoms with Crippen LogP contribution >= 0.6 is 27.5 Å². The molecule has 0 radical (unpaired) electrons. The monoisotopic (exact) mass is 412 g/mol. The lowest BCUT2D eigenvalue weighted by atomic mass is 9.88. The van der Waals surface area contributed by atoms with E-state index in [-0.39, 0.29) is 20.9 Å². The standard InChI is InChI=1S/C17H28BrClF2N2/c1-4-6-8-9-10-12-17(3,11-7-5-2)23-15(19)13(16(20)21)14(18)22-23/h16H,4-12H2,1-3H3. The number of hydrogen-bond acceptors (Lipinski definition) is 1. The zero-order chi connectivity index (χ0) is 17.5. The first kappa shape index (κ1) is 20.9. The Bertz CT molecular complexity index is 479. The molecule has 1 aromatic heterocycles. The molecule has 1 aromatic rings. The lowest BCUT2D eigenvalue weighted by Gasteiger charge is -2.31. The van der Waals surface area contributed by atoms with Gasteiger partial charge in [0.25, 0.3) is 6.43 Å². The van der Waals surface area contributed by atoms with Crippen molar-refractivity contribution < 1.29 is 8.78 Å². The van der Waals surface area contributed by atoms with Gasteiger partial charge in [-0.2, -0.15) is 5.10 Å². The van der Waals surface area contributed by atoms with Crippen molar-refractivity contribution in [2.45, 2.75) is 90.5 Å². The molecule has 2 nitrogen and oxygen atoms in total. The van der Waals surface area contributed by atoms with Crippen molar-refractivity contribution in [1.29, 1.82) is 0 Å². The third-order valence-electron chi connectivity index (χ3n) is 4.44. The van der Waals surface area contributed by atoms with E-state index in [1.165, 1.54) is 19.3 Å². The molecule has 0 bridgehead atoms. The van der Waals surface area contributed by atoms with E-state index in [9.17, 15) is 8.78 Å². The van der Waals surface area contributed by atoms with Crippen molar-refractivity contribution in [2.24, 2.45) is 0 Å². The second kappa shape index (κ2) is 9.97. The Labute approximate surface area is 152 Å². The van der Waals surface area contributed by atoms with Gasteiger partial charge in [0, 0.05) is 0 Å². The van der Waals surface area contributed by atoms with Crippen LogP contribution in [-0.4, -0.2) is 9.78 Å². The fraction of sp³-hybridized carbons (Fsp3) is 0.824. The summed E-state index contributed by atoms with van der Waals surface area (Å²) in [6, 6.07) is 0. The normalized spacial score (nSPS) is 14.4. The quantitative estimate of drug-likeness (QED) is 0.343. The van der Waals surface area contributed by atoms with Crippen LogP contribution in [0.3, 0.4) is 0 Å². The molecule has 1 heterocycles. The molecule has 1 atom stereocenters. The van der Waals surface area contributed by atoms with Gasteiger partial charge in [0.15, 0.2) is 0 Å². The lowest BCUT2D eigenvalue weighted by Crippen LogP contribution is -2.31. The smallest absolute Gasteiger partial charge is 0.247 e. The largest absolute Gasteiger partial charge is 0.269 e. The van der Waals surface area contributed by atoms with Gasteiger partial charge in [-0.1, -0.05) is 70.4 Å². The number of alkyl halides is 2. The molecule has 0 aromatic carbocycles. The van der Waals surface area contributed by atoms with Gasteiger partial charge >= 0.3 is 0 Å². The molecule has 0 saturated carbocycles. The fourth-order valence-corrected chi connectivity index (χ4v) is 3.97. The van der Waals surface area contributed by atoms with Gasteiger partial charge < -0.3 is 0 Å². The summed E-state index contributed by atoms with van der Waals surface area (Å²) < 4.78 is 28.1. The Balaban J connectivity index is 2.94. The van der Waals surface area contributed by atoms with Crippen LogP contribution in [0.25, 0.3) is 0 Å². The first-order chi connectivity index (χ1) is 10.9. The van der Waals surface area contributed by atoms with E-state index in [1.807, 2.05) is 0 Å². The summed E-state index contributed by atoms with van der Waals surface area (Å²) in [7, 11) is 0. The van der Waals surface area contributed by atoms with Crippen LogP contribution in [0.2, 0.25) is 5.15 Å². The highest BCUT2D eigenvalue weighted by Crippen LogP contribution is 2.39. The van der Waals surface area contributed by atoms with Gasteiger partial charge in [-0.25, -0.2) is 13.5 Å². The highest BCUT2D eigenvalue weighted by atomic mass is 79.9. The molecule has 0 aliphatic rings. The topological polar surface area (TPSA) is 17.8 Å². The van der Waals surface area contributed by atoms with Gasteiger partial charge in [0.1, 0.15) is 9.76 Å². The highest BCUT2D eigenvalue weighted by Gasteiger charge is 2.33. The summed E-state index contributed by atoms with van der Waals surface area (Å²) in [5, 5.41) is 4.36. The number of unbranched alkanes of at least 4 members (excludes halogenated alkanes) is 5. The Morgan fingerprint density at radius 3 is 2.17 bits per heavy atom. The van der Waals surface area contributed by atoms with Crippen LogP contribution in [0.4, 0.5) is 8.78 Å². The first-order valence-electron chi connectivity index (χ1n) is 8.60. The molecule has 6 heteroatoms. The molecule has 1 unspecified atom stereocenters. The van der Waals surface area contributed by atoms with E-state index in [4.69, 9.17) is 11.6 Å². The third kappa shape index (κ3) is 5.70. The van der Waals surface area contributed by atoms with Crippen molar-refractivity contribution in [3.63, 3.8) is 0 Å². The minimum atomic E-state index is -2.62. The Morgan fingerprint density at radius 2 is 1.65 bits per heavy atom. The summed E-state index contributed by atoms with van der Waals surface area (Å²) >= 11 is 9.38. The predicted octanol–water partition coefficient (Wildman–Crippen LogP) is 7.50. The molecule has 0 aliphatic carbocycles. The van der Waals surface area contributed by atoms with Crippen LogP contribution in [-0.2, 0) is 5.54 Å². The molecule has 0 fully saturated rings. The van der Waals surface area contributed by atoms with E-state index < -0.39 is 6.43 Å². The number of hydrogen-bond donors (Lipinski definition) is 0. The van der Waals surface area contributed by atoms with Crippen molar-refractivity contribution in [3.8, 4) is 0 Å².